The smallest absolute Gasteiger partial charge is 0.326 e. The molecule has 0 aliphatic carbocycles. The number of aromatic nitrogens is 1. The molecule has 0 saturated carbocycles. The highest BCUT2D eigenvalue weighted by Gasteiger charge is 2.35. The van der Waals surface area contributed by atoms with Gasteiger partial charge < -0.3 is 10.0 Å². The van der Waals surface area contributed by atoms with Gasteiger partial charge in [-0.1, -0.05) is 24.3 Å². The molecule has 0 spiro atoms. The molecular formula is C16H16N2O3S. The number of thiazole rings is 1. The summed E-state index contributed by atoms with van der Waals surface area (Å²) in [5.74, 6) is -1.24. The molecule has 1 aliphatic rings. The number of nitrogens with zero attached hydrogens (tertiary/aromatic N) is 2. The van der Waals surface area contributed by atoms with Crippen molar-refractivity contribution in [2.75, 3.05) is 6.54 Å². The standard InChI is InChI=1S/C16H16N2O3S/c1-10-5-2-3-6-11(10)14-17-12(9-22-14)15(19)18-8-4-7-13(18)16(20)21/h2-3,5-6,9,13H,4,7-8H2,1H3,(H,20,21). The number of aryl methyl sites for hydroxylation is 1. The molecule has 0 bridgehead atoms. The van der Waals surface area contributed by atoms with Crippen LogP contribution >= 0.6 is 11.3 Å². The summed E-state index contributed by atoms with van der Waals surface area (Å²) >= 11 is 1.41. The second kappa shape index (κ2) is 5.88. The monoisotopic (exact) mass is 316 g/mol. The Hall–Kier alpha value is -2.21. The molecule has 1 unspecified atom stereocenters. The van der Waals surface area contributed by atoms with E-state index in [-0.39, 0.29) is 5.91 Å². The molecule has 6 heteroatoms. The van der Waals surface area contributed by atoms with Crippen molar-refractivity contribution >= 4 is 23.2 Å². The molecule has 1 aromatic carbocycles. The Morgan fingerprint density at radius 1 is 1.36 bits per heavy atom. The number of carboxylic acid groups (broad SMARTS) is 1. The van der Waals surface area contributed by atoms with Gasteiger partial charge in [0.2, 0.25) is 0 Å². The number of aliphatic carboxylic acids is 1. The Bertz CT molecular complexity index is 726. The van der Waals surface area contributed by atoms with Crippen LogP contribution < -0.4 is 0 Å². The summed E-state index contributed by atoms with van der Waals surface area (Å²) in [7, 11) is 0. The normalized spacial score (nSPS) is 17.7. The molecule has 2 heterocycles. The summed E-state index contributed by atoms with van der Waals surface area (Å²) in [5.41, 5.74) is 2.43. The molecule has 1 saturated heterocycles. The van der Waals surface area contributed by atoms with Gasteiger partial charge >= 0.3 is 5.97 Å². The minimum Gasteiger partial charge on any atom is -0.480 e. The quantitative estimate of drug-likeness (QED) is 0.945. The predicted molar refractivity (Wildman–Crippen MR) is 84.0 cm³/mol. The number of hydrogen-bond acceptors (Lipinski definition) is 4. The summed E-state index contributed by atoms with van der Waals surface area (Å²) in [4.78, 5) is 29.5. The van der Waals surface area contributed by atoms with Crippen LogP contribution in [0.3, 0.4) is 0 Å². The molecule has 1 N–H and O–H groups in total. The zero-order valence-corrected chi connectivity index (χ0v) is 13.0. The fraction of sp³-hybridized carbons (Fsp3) is 0.312. The molecule has 1 amide bonds. The van der Waals surface area contributed by atoms with Crippen LogP contribution in [0.5, 0.6) is 0 Å². The number of amides is 1. The first-order valence-electron chi connectivity index (χ1n) is 7.13. The minimum atomic E-state index is -0.944. The van der Waals surface area contributed by atoms with Crippen LogP contribution in [-0.2, 0) is 4.79 Å². The third kappa shape index (κ3) is 2.62. The highest BCUT2D eigenvalue weighted by molar-refractivity contribution is 7.13. The van der Waals surface area contributed by atoms with Gasteiger partial charge in [-0.2, -0.15) is 0 Å². The van der Waals surface area contributed by atoms with Crippen molar-refractivity contribution in [1.82, 2.24) is 9.88 Å². The predicted octanol–water partition coefficient (Wildman–Crippen LogP) is 2.81. The molecule has 1 atom stereocenters. The lowest BCUT2D eigenvalue weighted by Crippen LogP contribution is -2.40. The average Bonchev–Trinajstić information content (AvgIpc) is 3.16. The highest BCUT2D eigenvalue weighted by Crippen LogP contribution is 2.28. The van der Waals surface area contributed by atoms with Gasteiger partial charge in [0.05, 0.1) is 0 Å². The van der Waals surface area contributed by atoms with Crippen molar-refractivity contribution in [2.45, 2.75) is 25.8 Å². The molecule has 1 aliphatic heterocycles. The van der Waals surface area contributed by atoms with E-state index in [9.17, 15) is 14.7 Å². The fourth-order valence-corrected chi connectivity index (χ4v) is 3.61. The number of benzene rings is 1. The maximum absolute atomic E-state index is 12.5. The van der Waals surface area contributed by atoms with Gasteiger partial charge in [0.25, 0.3) is 5.91 Å². The first kappa shape index (κ1) is 14.7. The second-order valence-electron chi connectivity index (χ2n) is 5.35. The Morgan fingerprint density at radius 3 is 2.86 bits per heavy atom. The molecule has 22 heavy (non-hydrogen) atoms. The maximum atomic E-state index is 12.5. The van der Waals surface area contributed by atoms with Gasteiger partial charge in [0.15, 0.2) is 0 Å². The van der Waals surface area contributed by atoms with E-state index < -0.39 is 12.0 Å². The lowest BCUT2D eigenvalue weighted by molar-refractivity contribution is -0.141. The topological polar surface area (TPSA) is 70.5 Å². The zero-order valence-electron chi connectivity index (χ0n) is 12.2. The van der Waals surface area contributed by atoms with Crippen molar-refractivity contribution in [1.29, 1.82) is 0 Å². The van der Waals surface area contributed by atoms with Crippen LogP contribution in [0.4, 0.5) is 0 Å². The fourth-order valence-electron chi connectivity index (χ4n) is 2.72. The van der Waals surface area contributed by atoms with Crippen molar-refractivity contribution < 1.29 is 14.7 Å². The van der Waals surface area contributed by atoms with Gasteiger partial charge in [0, 0.05) is 17.5 Å². The van der Waals surface area contributed by atoms with Crippen molar-refractivity contribution in [2.24, 2.45) is 0 Å². The number of rotatable bonds is 3. The van der Waals surface area contributed by atoms with Gasteiger partial charge in [-0.25, -0.2) is 9.78 Å². The first-order chi connectivity index (χ1) is 10.6. The maximum Gasteiger partial charge on any atom is 0.326 e. The summed E-state index contributed by atoms with van der Waals surface area (Å²) in [6, 6.07) is 7.14. The van der Waals surface area contributed by atoms with Crippen LogP contribution in [0.2, 0.25) is 0 Å². The summed E-state index contributed by atoms with van der Waals surface area (Å²) < 4.78 is 0. The summed E-state index contributed by atoms with van der Waals surface area (Å²) in [5, 5.41) is 11.7. The Labute approximate surface area is 132 Å². The minimum absolute atomic E-state index is 0.291. The zero-order chi connectivity index (χ0) is 15.7. The molecule has 1 fully saturated rings. The van der Waals surface area contributed by atoms with Gasteiger partial charge in [-0.15, -0.1) is 11.3 Å². The van der Waals surface area contributed by atoms with E-state index in [2.05, 4.69) is 4.98 Å². The molecule has 5 nitrogen and oxygen atoms in total. The lowest BCUT2D eigenvalue weighted by atomic mass is 10.1. The SMILES string of the molecule is Cc1ccccc1-c1nc(C(=O)N2CCCC2C(=O)O)cs1. The van der Waals surface area contributed by atoms with Crippen LogP contribution in [0.15, 0.2) is 29.6 Å². The largest absolute Gasteiger partial charge is 0.480 e. The van der Waals surface area contributed by atoms with E-state index in [1.165, 1.54) is 16.2 Å². The van der Waals surface area contributed by atoms with E-state index in [0.717, 1.165) is 22.6 Å². The third-order valence-corrected chi connectivity index (χ3v) is 4.77. The molecular weight excluding hydrogens is 300 g/mol. The molecule has 3 rings (SSSR count). The first-order valence-corrected chi connectivity index (χ1v) is 8.01. The number of carbonyl (C=O) groups excluding carboxylic acids is 1. The Balaban J connectivity index is 1.86. The summed E-state index contributed by atoms with van der Waals surface area (Å²) in [6.45, 7) is 2.48. The van der Waals surface area contributed by atoms with Crippen molar-refractivity contribution in [3.8, 4) is 10.6 Å². The lowest BCUT2D eigenvalue weighted by Gasteiger charge is -2.20. The number of carbonyl (C=O) groups is 2. The van der Waals surface area contributed by atoms with Crippen LogP contribution in [-0.4, -0.2) is 39.5 Å². The highest BCUT2D eigenvalue weighted by atomic mass is 32.1. The van der Waals surface area contributed by atoms with Crippen molar-refractivity contribution in [3.05, 3.63) is 40.9 Å². The van der Waals surface area contributed by atoms with Gasteiger partial charge in [-0.3, -0.25) is 4.79 Å². The number of hydrogen-bond donors (Lipinski definition) is 1. The second-order valence-corrected chi connectivity index (χ2v) is 6.21. The third-order valence-electron chi connectivity index (χ3n) is 3.90. The molecule has 114 valence electrons. The van der Waals surface area contributed by atoms with Crippen LogP contribution in [0.1, 0.15) is 28.9 Å². The van der Waals surface area contributed by atoms with E-state index in [1.54, 1.807) is 5.38 Å². The average molecular weight is 316 g/mol. The van der Waals surface area contributed by atoms with Gasteiger partial charge in [0.1, 0.15) is 16.7 Å². The molecule has 1 aromatic heterocycles. The van der Waals surface area contributed by atoms with Crippen LogP contribution in [0, 0.1) is 6.92 Å². The van der Waals surface area contributed by atoms with Crippen molar-refractivity contribution in [3.63, 3.8) is 0 Å². The molecule has 2 aromatic rings. The Kier molecular flexibility index (Phi) is 3.94. The number of carboxylic acids is 1. The Morgan fingerprint density at radius 2 is 2.14 bits per heavy atom. The van der Waals surface area contributed by atoms with Gasteiger partial charge in [-0.05, 0) is 25.3 Å². The van der Waals surface area contributed by atoms with E-state index in [0.29, 0.717) is 18.7 Å². The molecule has 0 radical (unpaired) electrons. The summed E-state index contributed by atoms with van der Waals surface area (Å²) in [6.07, 6.45) is 1.23. The van der Waals surface area contributed by atoms with Crippen LogP contribution in [0.25, 0.3) is 10.6 Å². The van der Waals surface area contributed by atoms with E-state index >= 15 is 0 Å². The number of likely N-dealkylation sites (tertiary alicyclic amines) is 1. The van der Waals surface area contributed by atoms with E-state index in [1.807, 2.05) is 31.2 Å². The van der Waals surface area contributed by atoms with E-state index in [4.69, 9.17) is 0 Å².